The summed E-state index contributed by atoms with van der Waals surface area (Å²) in [5, 5.41) is 3.21. The van der Waals surface area contributed by atoms with Gasteiger partial charge in [-0.2, -0.15) is 0 Å². The van der Waals surface area contributed by atoms with Crippen LogP contribution >= 0.6 is 0 Å². The van der Waals surface area contributed by atoms with Crippen molar-refractivity contribution >= 4 is 17.3 Å². The molecule has 2 rings (SSSR count). The van der Waals surface area contributed by atoms with Crippen molar-refractivity contribution in [3.05, 3.63) is 18.2 Å². The number of carbonyl (C=O) groups is 1. The third-order valence-corrected chi connectivity index (χ3v) is 2.67. The molecule has 0 saturated carbocycles. The van der Waals surface area contributed by atoms with Gasteiger partial charge in [-0.15, -0.1) is 0 Å². The van der Waals surface area contributed by atoms with Crippen LogP contribution in [0.2, 0.25) is 0 Å². The van der Waals surface area contributed by atoms with E-state index in [0.717, 1.165) is 17.1 Å². The second-order valence-corrected chi connectivity index (χ2v) is 4.28. The van der Waals surface area contributed by atoms with Crippen molar-refractivity contribution in [1.29, 1.82) is 0 Å². The molecule has 0 aromatic heterocycles. The molecule has 1 amide bonds. The molecule has 3 N–H and O–H groups in total. The molecule has 0 bridgehead atoms. The Morgan fingerprint density at radius 3 is 3.06 bits per heavy atom. The number of fused-ring (bicyclic) bond motifs is 1. The summed E-state index contributed by atoms with van der Waals surface area (Å²) < 4.78 is 5.34. The molecule has 0 fully saturated rings. The lowest BCUT2D eigenvalue weighted by molar-refractivity contribution is -0.120. The standard InChI is InChI=1S/C12H17N3O2/c1-8(13)6-14-9-3-4-11-10(5-9)15(2)12(16)7-17-11/h3-5,8,14H,6-7,13H2,1-2H3. The molecule has 5 nitrogen and oxygen atoms in total. The van der Waals surface area contributed by atoms with Crippen molar-refractivity contribution in [3.63, 3.8) is 0 Å². The fourth-order valence-electron chi connectivity index (χ4n) is 1.66. The minimum Gasteiger partial charge on any atom is -0.482 e. The molecule has 0 radical (unpaired) electrons. The van der Waals surface area contributed by atoms with Crippen LogP contribution in [0.3, 0.4) is 0 Å². The van der Waals surface area contributed by atoms with Crippen molar-refractivity contribution in [2.24, 2.45) is 5.73 Å². The Morgan fingerprint density at radius 2 is 2.35 bits per heavy atom. The number of nitrogens with two attached hydrogens (primary N) is 1. The summed E-state index contributed by atoms with van der Waals surface area (Å²) in [6.45, 7) is 2.73. The summed E-state index contributed by atoms with van der Waals surface area (Å²) in [6, 6.07) is 5.77. The highest BCUT2D eigenvalue weighted by atomic mass is 16.5. The number of carbonyl (C=O) groups excluding carboxylic acids is 1. The van der Waals surface area contributed by atoms with Crippen molar-refractivity contribution < 1.29 is 9.53 Å². The van der Waals surface area contributed by atoms with Crippen LogP contribution in [0.5, 0.6) is 5.75 Å². The van der Waals surface area contributed by atoms with Gasteiger partial charge in [0.2, 0.25) is 0 Å². The van der Waals surface area contributed by atoms with Crippen LogP contribution in [0.1, 0.15) is 6.92 Å². The zero-order valence-electron chi connectivity index (χ0n) is 10.1. The molecule has 92 valence electrons. The van der Waals surface area contributed by atoms with E-state index in [1.165, 1.54) is 0 Å². The minimum atomic E-state index is -0.0400. The molecule has 5 heteroatoms. The normalized spacial score (nSPS) is 16.2. The van der Waals surface area contributed by atoms with Gasteiger partial charge in [0.25, 0.3) is 5.91 Å². The average Bonchev–Trinajstić information content (AvgIpc) is 2.31. The van der Waals surface area contributed by atoms with Gasteiger partial charge in [0, 0.05) is 25.3 Å². The largest absolute Gasteiger partial charge is 0.482 e. The smallest absolute Gasteiger partial charge is 0.264 e. The zero-order chi connectivity index (χ0) is 12.4. The van der Waals surface area contributed by atoms with Gasteiger partial charge in [-0.1, -0.05) is 0 Å². The van der Waals surface area contributed by atoms with E-state index in [0.29, 0.717) is 6.54 Å². The number of amides is 1. The zero-order valence-corrected chi connectivity index (χ0v) is 10.1. The fraction of sp³-hybridized carbons (Fsp3) is 0.417. The summed E-state index contributed by atoms with van der Waals surface area (Å²) in [5.74, 6) is 0.695. The second-order valence-electron chi connectivity index (χ2n) is 4.28. The molecule has 1 atom stereocenters. The van der Waals surface area contributed by atoms with E-state index in [1.54, 1.807) is 11.9 Å². The number of benzene rings is 1. The molecule has 0 aliphatic carbocycles. The van der Waals surface area contributed by atoms with Crippen molar-refractivity contribution in [2.45, 2.75) is 13.0 Å². The van der Waals surface area contributed by atoms with Crippen LogP contribution in [-0.2, 0) is 4.79 Å². The van der Waals surface area contributed by atoms with E-state index in [9.17, 15) is 4.79 Å². The van der Waals surface area contributed by atoms with Gasteiger partial charge in [-0.3, -0.25) is 4.79 Å². The Labute approximate surface area is 101 Å². The van der Waals surface area contributed by atoms with E-state index in [2.05, 4.69) is 5.32 Å². The van der Waals surface area contributed by atoms with Gasteiger partial charge in [-0.05, 0) is 25.1 Å². The van der Waals surface area contributed by atoms with E-state index in [4.69, 9.17) is 10.5 Å². The summed E-state index contributed by atoms with van der Waals surface area (Å²) in [4.78, 5) is 13.1. The summed E-state index contributed by atoms with van der Waals surface area (Å²) >= 11 is 0. The summed E-state index contributed by atoms with van der Waals surface area (Å²) in [5.41, 5.74) is 7.40. The van der Waals surface area contributed by atoms with Gasteiger partial charge >= 0.3 is 0 Å². The molecule has 0 saturated heterocycles. The Hall–Kier alpha value is -1.75. The van der Waals surface area contributed by atoms with Crippen molar-refractivity contribution in [2.75, 3.05) is 30.4 Å². The average molecular weight is 235 g/mol. The number of likely N-dealkylation sites (N-methyl/N-ethyl adjacent to an activating group) is 1. The predicted octanol–water partition coefficient (Wildman–Crippen LogP) is 0.801. The molecular weight excluding hydrogens is 218 g/mol. The van der Waals surface area contributed by atoms with Crippen molar-refractivity contribution in [3.8, 4) is 5.75 Å². The van der Waals surface area contributed by atoms with E-state index < -0.39 is 0 Å². The first-order chi connectivity index (χ1) is 8.08. The predicted molar refractivity (Wildman–Crippen MR) is 67.5 cm³/mol. The van der Waals surface area contributed by atoms with Gasteiger partial charge < -0.3 is 20.7 Å². The Bertz CT molecular complexity index is 432. The lowest BCUT2D eigenvalue weighted by Gasteiger charge is -2.26. The van der Waals surface area contributed by atoms with E-state index >= 15 is 0 Å². The van der Waals surface area contributed by atoms with Crippen LogP contribution < -0.4 is 20.7 Å². The topological polar surface area (TPSA) is 67.6 Å². The second kappa shape index (κ2) is 4.63. The molecule has 1 aromatic rings. The van der Waals surface area contributed by atoms with Crippen LogP contribution in [0.15, 0.2) is 18.2 Å². The summed E-state index contributed by atoms with van der Waals surface area (Å²) in [7, 11) is 1.75. The SMILES string of the molecule is CC(N)CNc1ccc2c(c1)N(C)C(=O)CO2. The first-order valence-corrected chi connectivity index (χ1v) is 5.61. The Balaban J connectivity index is 2.20. The number of ether oxygens (including phenoxy) is 1. The first-order valence-electron chi connectivity index (χ1n) is 5.61. The highest BCUT2D eigenvalue weighted by Gasteiger charge is 2.22. The van der Waals surface area contributed by atoms with Gasteiger partial charge in [0.05, 0.1) is 5.69 Å². The number of nitrogens with one attached hydrogen (secondary N) is 1. The number of anilines is 2. The quantitative estimate of drug-likeness (QED) is 0.813. The molecule has 1 heterocycles. The Kier molecular flexibility index (Phi) is 3.19. The molecule has 1 aliphatic rings. The fourth-order valence-corrected chi connectivity index (χ4v) is 1.66. The number of rotatable bonds is 3. The molecular formula is C12H17N3O2. The maximum absolute atomic E-state index is 11.5. The monoisotopic (exact) mass is 235 g/mol. The molecule has 0 spiro atoms. The third-order valence-electron chi connectivity index (χ3n) is 2.67. The first kappa shape index (κ1) is 11.7. The highest BCUT2D eigenvalue weighted by molar-refractivity contribution is 5.97. The van der Waals surface area contributed by atoms with Gasteiger partial charge in [0.1, 0.15) is 5.75 Å². The lowest BCUT2D eigenvalue weighted by atomic mass is 10.2. The van der Waals surface area contributed by atoms with Crippen LogP contribution in [0, 0.1) is 0 Å². The molecule has 17 heavy (non-hydrogen) atoms. The third kappa shape index (κ3) is 2.50. The maximum Gasteiger partial charge on any atom is 0.264 e. The number of hydrogen-bond acceptors (Lipinski definition) is 4. The minimum absolute atomic E-state index is 0.0400. The van der Waals surface area contributed by atoms with E-state index in [1.807, 2.05) is 25.1 Å². The lowest BCUT2D eigenvalue weighted by Crippen LogP contribution is -2.35. The number of hydrogen-bond donors (Lipinski definition) is 2. The van der Waals surface area contributed by atoms with Crippen LogP contribution in [0.25, 0.3) is 0 Å². The van der Waals surface area contributed by atoms with Crippen LogP contribution in [-0.4, -0.2) is 32.1 Å². The highest BCUT2D eigenvalue weighted by Crippen LogP contribution is 2.33. The van der Waals surface area contributed by atoms with Crippen molar-refractivity contribution in [1.82, 2.24) is 0 Å². The van der Waals surface area contributed by atoms with Crippen LogP contribution in [0.4, 0.5) is 11.4 Å². The maximum atomic E-state index is 11.5. The number of nitrogens with zero attached hydrogens (tertiary/aromatic N) is 1. The van der Waals surface area contributed by atoms with E-state index in [-0.39, 0.29) is 18.6 Å². The Morgan fingerprint density at radius 1 is 1.59 bits per heavy atom. The summed E-state index contributed by atoms with van der Waals surface area (Å²) in [6.07, 6.45) is 0. The molecule has 1 aromatic carbocycles. The molecule has 1 unspecified atom stereocenters. The van der Waals surface area contributed by atoms with Gasteiger partial charge in [-0.25, -0.2) is 0 Å². The van der Waals surface area contributed by atoms with Gasteiger partial charge in [0.15, 0.2) is 6.61 Å². The molecule has 1 aliphatic heterocycles.